The molecule has 0 aliphatic rings. The molecular formula is C18H14Cl2N2O2. The van der Waals surface area contributed by atoms with E-state index in [1.54, 1.807) is 31.4 Å². The Bertz CT molecular complexity index is 892. The van der Waals surface area contributed by atoms with E-state index in [-0.39, 0.29) is 11.5 Å². The number of methoxy groups -OCH3 is 1. The molecule has 3 aromatic rings. The molecule has 1 aromatic heterocycles. The molecule has 1 N–H and O–H groups in total. The Morgan fingerprint density at radius 1 is 1.08 bits per heavy atom. The lowest BCUT2D eigenvalue weighted by molar-refractivity contribution is 0.102. The molecule has 0 spiro atoms. The second-order valence-electron chi connectivity index (χ2n) is 5.16. The van der Waals surface area contributed by atoms with Crippen LogP contribution in [0.4, 0.5) is 5.69 Å². The van der Waals surface area contributed by atoms with Crippen LogP contribution in [-0.2, 0) is 11.3 Å². The van der Waals surface area contributed by atoms with Crippen molar-refractivity contribution in [3.8, 4) is 0 Å². The summed E-state index contributed by atoms with van der Waals surface area (Å²) in [6, 6.07) is 14.3. The van der Waals surface area contributed by atoms with Crippen molar-refractivity contribution < 1.29 is 9.53 Å². The van der Waals surface area contributed by atoms with E-state index in [2.05, 4.69) is 10.3 Å². The number of halogens is 2. The number of nitrogens with one attached hydrogen (secondary N) is 1. The molecular weight excluding hydrogens is 347 g/mol. The summed E-state index contributed by atoms with van der Waals surface area (Å²) < 4.78 is 5.11. The highest BCUT2D eigenvalue weighted by Gasteiger charge is 2.16. The van der Waals surface area contributed by atoms with Crippen LogP contribution in [0.15, 0.2) is 48.5 Å². The van der Waals surface area contributed by atoms with Gasteiger partial charge in [0, 0.05) is 12.5 Å². The fourth-order valence-corrected chi connectivity index (χ4v) is 2.99. The first-order valence-corrected chi connectivity index (χ1v) is 7.98. The number of aromatic nitrogens is 1. The first-order valence-electron chi connectivity index (χ1n) is 7.23. The summed E-state index contributed by atoms with van der Waals surface area (Å²) in [4.78, 5) is 17.1. The normalized spacial score (nSPS) is 10.8. The predicted molar refractivity (Wildman–Crippen MR) is 96.9 cm³/mol. The topological polar surface area (TPSA) is 51.2 Å². The molecule has 2 aromatic carbocycles. The number of pyridine rings is 1. The minimum atomic E-state index is -0.378. The van der Waals surface area contributed by atoms with Gasteiger partial charge < -0.3 is 10.1 Å². The van der Waals surface area contributed by atoms with Crippen molar-refractivity contribution in [3.63, 3.8) is 0 Å². The Hall–Kier alpha value is -2.14. The van der Waals surface area contributed by atoms with E-state index in [4.69, 9.17) is 27.9 Å². The maximum Gasteiger partial charge on any atom is 0.258 e. The number of carbonyl (C=O) groups excluding carboxylic acids is 1. The largest absolute Gasteiger partial charge is 0.378 e. The maximum absolute atomic E-state index is 12.6. The molecule has 3 rings (SSSR count). The number of anilines is 1. The second-order valence-corrected chi connectivity index (χ2v) is 5.98. The molecule has 6 heteroatoms. The first kappa shape index (κ1) is 16.7. The van der Waals surface area contributed by atoms with Crippen LogP contribution in [0.5, 0.6) is 0 Å². The molecule has 0 bridgehead atoms. The van der Waals surface area contributed by atoms with Gasteiger partial charge in [0.1, 0.15) is 0 Å². The van der Waals surface area contributed by atoms with Gasteiger partial charge in [-0.1, -0.05) is 47.5 Å². The van der Waals surface area contributed by atoms with E-state index in [1.807, 2.05) is 24.3 Å². The average Bonchev–Trinajstić information content (AvgIpc) is 2.55. The van der Waals surface area contributed by atoms with Gasteiger partial charge in [-0.3, -0.25) is 4.79 Å². The Kier molecular flexibility index (Phi) is 5.00. The molecule has 0 radical (unpaired) electrons. The smallest absolute Gasteiger partial charge is 0.258 e. The van der Waals surface area contributed by atoms with E-state index in [1.165, 1.54) is 0 Å². The SMILES string of the molecule is COCc1ccc2cccc(NC(=O)c3c(Cl)cccc3Cl)c2n1. The summed E-state index contributed by atoms with van der Waals surface area (Å²) in [5.41, 5.74) is 2.29. The molecule has 0 aliphatic heterocycles. The van der Waals surface area contributed by atoms with Gasteiger partial charge in [-0.2, -0.15) is 0 Å². The van der Waals surface area contributed by atoms with Gasteiger partial charge in [-0.15, -0.1) is 0 Å². The van der Waals surface area contributed by atoms with Crippen LogP contribution in [0.2, 0.25) is 10.0 Å². The number of carbonyl (C=O) groups is 1. The summed E-state index contributed by atoms with van der Waals surface area (Å²) in [7, 11) is 1.61. The molecule has 0 saturated heterocycles. The number of ether oxygens (including phenoxy) is 1. The summed E-state index contributed by atoms with van der Waals surface area (Å²) in [5.74, 6) is -0.378. The molecule has 1 amide bonds. The van der Waals surface area contributed by atoms with Crippen LogP contribution >= 0.6 is 23.2 Å². The van der Waals surface area contributed by atoms with Crippen molar-refractivity contribution in [2.75, 3.05) is 12.4 Å². The first-order chi connectivity index (χ1) is 11.6. The van der Waals surface area contributed by atoms with Crippen molar-refractivity contribution in [2.24, 2.45) is 0 Å². The van der Waals surface area contributed by atoms with Crippen LogP contribution in [0.3, 0.4) is 0 Å². The number of benzene rings is 2. The Morgan fingerprint density at radius 2 is 1.79 bits per heavy atom. The number of fused-ring (bicyclic) bond motifs is 1. The third-order valence-corrected chi connectivity index (χ3v) is 4.14. The van der Waals surface area contributed by atoms with Gasteiger partial charge >= 0.3 is 0 Å². The Morgan fingerprint density at radius 3 is 2.50 bits per heavy atom. The van der Waals surface area contributed by atoms with Gasteiger partial charge in [-0.25, -0.2) is 4.98 Å². The minimum absolute atomic E-state index is 0.242. The zero-order chi connectivity index (χ0) is 17.1. The van der Waals surface area contributed by atoms with Gasteiger partial charge in [0.05, 0.1) is 39.1 Å². The van der Waals surface area contributed by atoms with E-state index in [0.717, 1.165) is 11.1 Å². The third-order valence-electron chi connectivity index (χ3n) is 3.51. The van der Waals surface area contributed by atoms with Crippen molar-refractivity contribution in [1.29, 1.82) is 0 Å². The summed E-state index contributed by atoms with van der Waals surface area (Å²) in [6.07, 6.45) is 0. The van der Waals surface area contributed by atoms with Gasteiger partial charge in [-0.05, 0) is 24.3 Å². The summed E-state index contributed by atoms with van der Waals surface area (Å²) >= 11 is 12.2. The number of para-hydroxylation sites is 1. The van der Waals surface area contributed by atoms with Crippen LogP contribution < -0.4 is 5.32 Å². The van der Waals surface area contributed by atoms with Crippen molar-refractivity contribution in [3.05, 3.63) is 69.8 Å². The fourth-order valence-electron chi connectivity index (χ4n) is 2.42. The lowest BCUT2D eigenvalue weighted by atomic mass is 10.1. The molecule has 0 fully saturated rings. The number of nitrogens with zero attached hydrogens (tertiary/aromatic N) is 1. The van der Waals surface area contributed by atoms with Crippen LogP contribution in [-0.4, -0.2) is 18.0 Å². The highest BCUT2D eigenvalue weighted by atomic mass is 35.5. The fraction of sp³-hybridized carbons (Fsp3) is 0.111. The van der Waals surface area contributed by atoms with E-state index in [9.17, 15) is 4.79 Å². The van der Waals surface area contributed by atoms with Crippen LogP contribution in [0.1, 0.15) is 16.1 Å². The van der Waals surface area contributed by atoms with Crippen molar-refractivity contribution in [1.82, 2.24) is 4.98 Å². The predicted octanol–water partition coefficient (Wildman–Crippen LogP) is 4.94. The van der Waals surface area contributed by atoms with Crippen molar-refractivity contribution in [2.45, 2.75) is 6.61 Å². The molecule has 4 nitrogen and oxygen atoms in total. The maximum atomic E-state index is 12.6. The molecule has 0 saturated carbocycles. The summed E-state index contributed by atoms with van der Waals surface area (Å²) in [5, 5.41) is 4.35. The second kappa shape index (κ2) is 7.18. The molecule has 1 heterocycles. The van der Waals surface area contributed by atoms with E-state index in [0.29, 0.717) is 27.9 Å². The molecule has 0 atom stereocenters. The average molecular weight is 361 g/mol. The Labute approximate surface area is 149 Å². The van der Waals surface area contributed by atoms with E-state index < -0.39 is 0 Å². The zero-order valence-electron chi connectivity index (χ0n) is 12.8. The standard InChI is InChI=1S/C18H14Cl2N2O2/c1-24-10-12-9-8-11-4-2-7-15(17(11)21-12)22-18(23)16-13(19)5-3-6-14(16)20/h2-9H,10H2,1H3,(H,22,23). The monoisotopic (exact) mass is 360 g/mol. The number of hydrogen-bond donors (Lipinski definition) is 1. The molecule has 122 valence electrons. The van der Waals surface area contributed by atoms with Crippen LogP contribution in [0.25, 0.3) is 10.9 Å². The Balaban J connectivity index is 2.00. The molecule has 0 aliphatic carbocycles. The lowest BCUT2D eigenvalue weighted by Crippen LogP contribution is -2.13. The van der Waals surface area contributed by atoms with Crippen LogP contribution in [0, 0.1) is 0 Å². The van der Waals surface area contributed by atoms with Gasteiger partial charge in [0.2, 0.25) is 0 Å². The number of rotatable bonds is 4. The summed E-state index contributed by atoms with van der Waals surface area (Å²) in [6.45, 7) is 0.397. The molecule has 24 heavy (non-hydrogen) atoms. The lowest BCUT2D eigenvalue weighted by Gasteiger charge is -2.11. The minimum Gasteiger partial charge on any atom is -0.378 e. The highest BCUT2D eigenvalue weighted by Crippen LogP contribution is 2.27. The van der Waals surface area contributed by atoms with Gasteiger partial charge in [0.15, 0.2) is 0 Å². The number of amides is 1. The number of hydrogen-bond acceptors (Lipinski definition) is 3. The zero-order valence-corrected chi connectivity index (χ0v) is 14.4. The quantitative estimate of drug-likeness (QED) is 0.716. The highest BCUT2D eigenvalue weighted by molar-refractivity contribution is 6.40. The third kappa shape index (κ3) is 3.36. The van der Waals surface area contributed by atoms with E-state index >= 15 is 0 Å². The molecule has 0 unspecified atom stereocenters. The van der Waals surface area contributed by atoms with Gasteiger partial charge in [0.25, 0.3) is 5.91 Å². The van der Waals surface area contributed by atoms with Crippen molar-refractivity contribution >= 4 is 45.7 Å².